The summed E-state index contributed by atoms with van der Waals surface area (Å²) in [5.74, 6) is -1.11. The molecule has 7 nitrogen and oxygen atoms in total. The van der Waals surface area contributed by atoms with Gasteiger partial charge in [0.1, 0.15) is 28.1 Å². The summed E-state index contributed by atoms with van der Waals surface area (Å²) in [4.78, 5) is -0.0961. The van der Waals surface area contributed by atoms with E-state index in [2.05, 4.69) is 6.07 Å². The molecular weight excluding hydrogens is 481 g/mol. The zero-order valence-corrected chi connectivity index (χ0v) is 20.1. The maximum atomic E-state index is 14.3. The van der Waals surface area contributed by atoms with Gasteiger partial charge in [-0.1, -0.05) is 42.5 Å². The molecule has 0 aromatic heterocycles. The second-order valence-corrected chi connectivity index (χ2v) is 10.1. The van der Waals surface area contributed by atoms with Crippen LogP contribution in [-0.2, 0) is 21.3 Å². The van der Waals surface area contributed by atoms with E-state index in [0.29, 0.717) is 34.7 Å². The Morgan fingerprint density at radius 1 is 1.08 bits per heavy atom. The first-order valence-electron chi connectivity index (χ1n) is 11.3. The lowest BCUT2D eigenvalue weighted by atomic mass is 9.87. The molecule has 0 aliphatic carbocycles. The molecule has 0 unspecified atom stereocenters. The number of ether oxygens (including phenoxy) is 2. The molecule has 0 saturated carbocycles. The van der Waals surface area contributed by atoms with E-state index in [1.54, 1.807) is 48.5 Å². The van der Waals surface area contributed by atoms with E-state index in [9.17, 15) is 18.1 Å². The number of hydrogen-bond acceptors (Lipinski definition) is 6. The molecule has 2 aliphatic heterocycles. The summed E-state index contributed by atoms with van der Waals surface area (Å²) in [6, 6.07) is 21.6. The highest BCUT2D eigenvalue weighted by molar-refractivity contribution is 7.96. The van der Waals surface area contributed by atoms with Crippen molar-refractivity contribution in [3.8, 4) is 11.8 Å². The molecule has 36 heavy (non-hydrogen) atoms. The minimum atomic E-state index is -4.24. The van der Waals surface area contributed by atoms with Crippen LogP contribution in [0.2, 0.25) is 0 Å². The van der Waals surface area contributed by atoms with Crippen molar-refractivity contribution in [2.45, 2.75) is 19.4 Å². The first-order valence-corrected chi connectivity index (χ1v) is 12.7. The van der Waals surface area contributed by atoms with Gasteiger partial charge in [-0.3, -0.25) is 4.31 Å². The number of allylic oxidation sites excluding steroid dienone is 2. The molecule has 2 aliphatic rings. The molecule has 2 heterocycles. The fraction of sp³-hybridized carbons (Fsp3) is 0.148. The number of nitrogens with zero attached hydrogens (tertiary/aromatic N) is 2. The third-order valence-corrected chi connectivity index (χ3v) is 8.01. The van der Waals surface area contributed by atoms with E-state index in [-0.39, 0.29) is 28.7 Å². The lowest BCUT2D eigenvalue weighted by Gasteiger charge is -2.38. The molecule has 182 valence electrons. The lowest BCUT2D eigenvalue weighted by Crippen LogP contribution is -2.39. The second kappa shape index (κ2) is 9.06. The molecular formula is C27H22FN3O4S. The smallest absolute Gasteiger partial charge is 0.265 e. The van der Waals surface area contributed by atoms with Crippen molar-refractivity contribution in [2.75, 3.05) is 10.9 Å². The van der Waals surface area contributed by atoms with Gasteiger partial charge in [0.15, 0.2) is 5.76 Å². The van der Waals surface area contributed by atoms with Crippen LogP contribution in [-0.4, -0.2) is 15.0 Å². The van der Waals surface area contributed by atoms with E-state index in [4.69, 9.17) is 15.2 Å². The van der Waals surface area contributed by atoms with Gasteiger partial charge in [0.25, 0.3) is 10.0 Å². The molecule has 3 aromatic carbocycles. The fourth-order valence-corrected chi connectivity index (χ4v) is 6.46. The number of para-hydroxylation sites is 2. The Balaban J connectivity index is 1.76. The summed E-state index contributed by atoms with van der Waals surface area (Å²) in [6.07, 6.45) is 0. The summed E-state index contributed by atoms with van der Waals surface area (Å²) in [6.45, 7) is 2.12. The van der Waals surface area contributed by atoms with E-state index in [1.165, 1.54) is 28.6 Å². The first kappa shape index (κ1) is 23.5. The third kappa shape index (κ3) is 3.76. The third-order valence-electron chi connectivity index (χ3n) is 6.13. The van der Waals surface area contributed by atoms with Crippen LogP contribution < -0.4 is 14.8 Å². The SMILES string of the molecule is CCOc1ccccc1[C@@H]1C(C#N)=C(N)OC2=C1S(=O)(=O)N(Cc1ccc(F)cc1)c1ccccc12. The Bertz CT molecular complexity index is 1560. The second-order valence-electron chi connectivity index (χ2n) is 8.24. The van der Waals surface area contributed by atoms with E-state index < -0.39 is 21.8 Å². The molecule has 9 heteroatoms. The van der Waals surface area contributed by atoms with Gasteiger partial charge in [0.2, 0.25) is 5.88 Å². The van der Waals surface area contributed by atoms with Crippen molar-refractivity contribution in [1.29, 1.82) is 5.26 Å². The van der Waals surface area contributed by atoms with Gasteiger partial charge in [-0.25, -0.2) is 12.8 Å². The van der Waals surface area contributed by atoms with Crippen LogP contribution in [0.1, 0.15) is 29.5 Å². The standard InChI is InChI=1S/C27H22FN3O4S/c1-2-34-23-10-6-4-8-20(23)24-21(15-29)27(30)35-25-19-7-3-5-9-22(19)31(36(32,33)26(24)25)16-17-11-13-18(28)14-12-17/h3-14,24H,2,16,30H2,1H3/t24-/m1/s1. The fourth-order valence-electron chi connectivity index (χ4n) is 4.55. The first-order chi connectivity index (χ1) is 17.4. The van der Waals surface area contributed by atoms with Crippen LogP contribution in [0.25, 0.3) is 5.76 Å². The summed E-state index contributed by atoms with van der Waals surface area (Å²) in [5, 5.41) is 10.0. The largest absolute Gasteiger partial charge is 0.494 e. The van der Waals surface area contributed by atoms with Crippen LogP contribution in [0.4, 0.5) is 10.1 Å². The minimum Gasteiger partial charge on any atom is -0.494 e. The zero-order valence-electron chi connectivity index (χ0n) is 19.3. The number of sulfonamides is 1. The van der Waals surface area contributed by atoms with Crippen molar-refractivity contribution < 1.29 is 22.3 Å². The number of nitrogens with two attached hydrogens (primary N) is 1. The molecule has 0 radical (unpaired) electrons. The molecule has 0 amide bonds. The quantitative estimate of drug-likeness (QED) is 0.539. The summed E-state index contributed by atoms with van der Waals surface area (Å²) in [7, 11) is -4.24. The number of benzene rings is 3. The zero-order chi connectivity index (χ0) is 25.4. The van der Waals surface area contributed by atoms with E-state index in [0.717, 1.165) is 0 Å². The van der Waals surface area contributed by atoms with Crippen LogP contribution in [0.3, 0.4) is 0 Å². The topological polar surface area (TPSA) is 106 Å². The Morgan fingerprint density at radius 2 is 1.78 bits per heavy atom. The lowest BCUT2D eigenvalue weighted by molar-refractivity contribution is 0.333. The summed E-state index contributed by atoms with van der Waals surface area (Å²) < 4.78 is 55.0. The number of nitriles is 1. The Morgan fingerprint density at radius 3 is 2.50 bits per heavy atom. The molecule has 0 fully saturated rings. The predicted molar refractivity (Wildman–Crippen MR) is 133 cm³/mol. The number of hydrogen-bond donors (Lipinski definition) is 1. The Kier molecular flexibility index (Phi) is 5.90. The monoisotopic (exact) mass is 503 g/mol. The van der Waals surface area contributed by atoms with E-state index in [1.807, 2.05) is 6.92 Å². The molecule has 2 N–H and O–H groups in total. The number of halogens is 1. The molecule has 0 saturated heterocycles. The van der Waals surface area contributed by atoms with Crippen LogP contribution in [0.15, 0.2) is 89.2 Å². The molecule has 0 bridgehead atoms. The summed E-state index contributed by atoms with van der Waals surface area (Å²) in [5.41, 5.74) is 8.15. The van der Waals surface area contributed by atoms with Gasteiger partial charge < -0.3 is 15.2 Å². The van der Waals surface area contributed by atoms with Crippen molar-refractivity contribution >= 4 is 21.5 Å². The highest BCUT2D eigenvalue weighted by atomic mass is 32.2. The molecule has 5 rings (SSSR count). The highest BCUT2D eigenvalue weighted by Crippen LogP contribution is 2.52. The Labute approximate surface area is 208 Å². The van der Waals surface area contributed by atoms with Gasteiger partial charge in [0.05, 0.1) is 24.8 Å². The van der Waals surface area contributed by atoms with Crippen LogP contribution in [0, 0.1) is 17.1 Å². The average Bonchev–Trinajstić information content (AvgIpc) is 2.87. The molecule has 0 spiro atoms. The van der Waals surface area contributed by atoms with E-state index >= 15 is 0 Å². The normalized spacial score (nSPS) is 18.1. The number of rotatable bonds is 5. The van der Waals surface area contributed by atoms with Gasteiger partial charge in [0, 0.05) is 11.1 Å². The molecule has 3 aromatic rings. The highest BCUT2D eigenvalue weighted by Gasteiger charge is 2.47. The minimum absolute atomic E-state index is 0.0226. The van der Waals surface area contributed by atoms with Crippen molar-refractivity contribution in [3.05, 3.63) is 112 Å². The predicted octanol–water partition coefficient (Wildman–Crippen LogP) is 4.75. The average molecular weight is 504 g/mol. The maximum Gasteiger partial charge on any atom is 0.265 e. The van der Waals surface area contributed by atoms with Gasteiger partial charge in [-0.15, -0.1) is 0 Å². The molecule has 1 atom stereocenters. The van der Waals surface area contributed by atoms with Crippen LogP contribution >= 0.6 is 0 Å². The van der Waals surface area contributed by atoms with Gasteiger partial charge >= 0.3 is 0 Å². The van der Waals surface area contributed by atoms with Crippen molar-refractivity contribution in [3.63, 3.8) is 0 Å². The van der Waals surface area contributed by atoms with Crippen molar-refractivity contribution in [1.82, 2.24) is 0 Å². The van der Waals surface area contributed by atoms with Crippen LogP contribution in [0.5, 0.6) is 5.75 Å². The number of fused-ring (bicyclic) bond motifs is 2. The number of anilines is 1. The van der Waals surface area contributed by atoms with Gasteiger partial charge in [-0.05, 0) is 42.8 Å². The maximum absolute atomic E-state index is 14.3. The van der Waals surface area contributed by atoms with Gasteiger partial charge in [-0.2, -0.15) is 5.26 Å². The summed E-state index contributed by atoms with van der Waals surface area (Å²) >= 11 is 0. The Hall–Kier alpha value is -4.29. The van der Waals surface area contributed by atoms with Crippen molar-refractivity contribution in [2.24, 2.45) is 5.73 Å².